The lowest BCUT2D eigenvalue weighted by molar-refractivity contribution is -0.117. The van der Waals surface area contributed by atoms with Crippen LogP contribution in [0.15, 0.2) is 24.3 Å². The quantitative estimate of drug-likeness (QED) is 0.681. The highest BCUT2D eigenvalue weighted by atomic mass is 16.1. The summed E-state index contributed by atoms with van der Waals surface area (Å²) in [6, 6.07) is 0. The zero-order valence-electron chi connectivity index (χ0n) is 11.6. The minimum absolute atomic E-state index is 0.0800. The molecule has 0 amide bonds. The molecule has 1 rings (SSSR count). The van der Waals surface area contributed by atoms with Gasteiger partial charge >= 0.3 is 0 Å². The second-order valence-corrected chi connectivity index (χ2v) is 4.95. The lowest BCUT2D eigenvalue weighted by Crippen LogP contribution is -2.01. The molecule has 0 aromatic rings. The molecule has 0 radical (unpaired) electrons. The molecule has 0 spiro atoms. The molecule has 20 heavy (non-hydrogen) atoms. The minimum atomic E-state index is -0.0800. The third-order valence-electron chi connectivity index (χ3n) is 3.10. The van der Waals surface area contributed by atoms with E-state index in [0.717, 1.165) is 0 Å². The van der Waals surface area contributed by atoms with Crippen LogP contribution in [0.5, 0.6) is 0 Å². The van der Waals surface area contributed by atoms with Crippen LogP contribution < -0.4 is 0 Å². The molecule has 0 aromatic heterocycles. The average Bonchev–Trinajstić information content (AvgIpc) is 2.42. The first-order valence-corrected chi connectivity index (χ1v) is 7.05. The van der Waals surface area contributed by atoms with Crippen molar-refractivity contribution >= 4 is 23.1 Å². The fraction of sp³-hybridized carbons (Fsp3) is 0.500. The van der Waals surface area contributed by atoms with Gasteiger partial charge in [0.15, 0.2) is 23.1 Å². The number of hydrogen-bond donors (Lipinski definition) is 0. The Morgan fingerprint density at radius 2 is 0.650 bits per heavy atom. The molecule has 4 heteroatoms. The summed E-state index contributed by atoms with van der Waals surface area (Å²) in [6.07, 6.45) is 9.13. The van der Waals surface area contributed by atoms with Crippen LogP contribution >= 0.6 is 0 Å². The third kappa shape index (κ3) is 7.56. The van der Waals surface area contributed by atoms with E-state index >= 15 is 0 Å². The highest BCUT2D eigenvalue weighted by molar-refractivity contribution is 5.99. The normalized spacial score (nSPS) is 23.6. The van der Waals surface area contributed by atoms with Gasteiger partial charge < -0.3 is 0 Å². The van der Waals surface area contributed by atoms with Crippen molar-refractivity contribution in [1.82, 2.24) is 0 Å². The van der Waals surface area contributed by atoms with Gasteiger partial charge in [0, 0.05) is 25.7 Å². The molecule has 0 bridgehead atoms. The fourth-order valence-corrected chi connectivity index (χ4v) is 1.90. The molecular weight excluding hydrogens is 256 g/mol. The summed E-state index contributed by atoms with van der Waals surface area (Å²) in [5, 5.41) is 0. The molecule has 0 heterocycles. The molecule has 4 nitrogen and oxygen atoms in total. The Morgan fingerprint density at radius 3 is 0.850 bits per heavy atom. The van der Waals surface area contributed by atoms with Gasteiger partial charge in [-0.2, -0.15) is 0 Å². The monoisotopic (exact) mass is 276 g/mol. The van der Waals surface area contributed by atoms with Gasteiger partial charge in [-0.15, -0.1) is 0 Å². The van der Waals surface area contributed by atoms with E-state index in [2.05, 4.69) is 0 Å². The maximum absolute atomic E-state index is 11.5. The highest BCUT2D eigenvalue weighted by Gasteiger charge is 2.05. The largest absolute Gasteiger partial charge is 0.295 e. The first-order chi connectivity index (χ1) is 9.58. The van der Waals surface area contributed by atoms with Crippen molar-refractivity contribution in [3.63, 3.8) is 0 Å². The second kappa shape index (κ2) is 9.13. The molecule has 0 aliphatic heterocycles. The van der Waals surface area contributed by atoms with Crippen LogP contribution in [-0.2, 0) is 19.2 Å². The van der Waals surface area contributed by atoms with E-state index in [1.807, 2.05) is 0 Å². The molecule has 1 aliphatic rings. The maximum Gasteiger partial charge on any atom is 0.155 e. The van der Waals surface area contributed by atoms with Gasteiger partial charge in [0.1, 0.15) is 0 Å². The number of hydrogen-bond acceptors (Lipinski definition) is 4. The lowest BCUT2D eigenvalue weighted by Gasteiger charge is -1.99. The van der Waals surface area contributed by atoms with Gasteiger partial charge in [-0.25, -0.2) is 0 Å². The summed E-state index contributed by atoms with van der Waals surface area (Å²) in [4.78, 5) is 45.9. The van der Waals surface area contributed by atoms with E-state index in [4.69, 9.17) is 0 Å². The molecule has 0 fully saturated rings. The van der Waals surface area contributed by atoms with Crippen molar-refractivity contribution in [2.45, 2.75) is 51.4 Å². The molecule has 0 aromatic carbocycles. The SMILES string of the molecule is O=C1/C=C\C(=O)CCCCC(=O)/C=C\C(=O)CCCC1. The average molecular weight is 276 g/mol. The minimum Gasteiger partial charge on any atom is -0.295 e. The zero-order chi connectivity index (χ0) is 14.8. The van der Waals surface area contributed by atoms with Crippen molar-refractivity contribution in [2.75, 3.05) is 0 Å². The smallest absolute Gasteiger partial charge is 0.155 e. The molecule has 0 saturated heterocycles. The summed E-state index contributed by atoms with van der Waals surface area (Å²) in [5.41, 5.74) is 0. The first kappa shape index (κ1) is 16.2. The molecular formula is C16H20O4. The van der Waals surface area contributed by atoms with Crippen LogP contribution in [0.3, 0.4) is 0 Å². The van der Waals surface area contributed by atoms with E-state index in [9.17, 15) is 19.2 Å². The van der Waals surface area contributed by atoms with Gasteiger partial charge in [0.05, 0.1) is 0 Å². The highest BCUT2D eigenvalue weighted by Crippen LogP contribution is 2.06. The molecule has 0 saturated carbocycles. The van der Waals surface area contributed by atoms with Crippen LogP contribution in [0.4, 0.5) is 0 Å². The van der Waals surface area contributed by atoms with Crippen LogP contribution in [0.2, 0.25) is 0 Å². The molecule has 108 valence electrons. The van der Waals surface area contributed by atoms with Crippen molar-refractivity contribution in [2.24, 2.45) is 0 Å². The molecule has 1 aliphatic carbocycles. The summed E-state index contributed by atoms with van der Waals surface area (Å²) in [5.74, 6) is -0.320. The van der Waals surface area contributed by atoms with E-state index in [-0.39, 0.29) is 23.1 Å². The van der Waals surface area contributed by atoms with Crippen molar-refractivity contribution in [3.05, 3.63) is 24.3 Å². The zero-order valence-corrected chi connectivity index (χ0v) is 11.6. The Balaban J connectivity index is 2.57. The van der Waals surface area contributed by atoms with Crippen molar-refractivity contribution in [3.8, 4) is 0 Å². The predicted molar refractivity (Wildman–Crippen MR) is 75.2 cm³/mol. The Kier molecular flexibility index (Phi) is 7.40. The third-order valence-corrected chi connectivity index (χ3v) is 3.10. The Hall–Kier alpha value is -1.84. The van der Waals surface area contributed by atoms with Crippen molar-refractivity contribution < 1.29 is 19.2 Å². The van der Waals surface area contributed by atoms with E-state index in [0.29, 0.717) is 51.4 Å². The number of carbonyl (C=O) groups is 4. The first-order valence-electron chi connectivity index (χ1n) is 7.05. The number of rotatable bonds is 0. The summed E-state index contributed by atoms with van der Waals surface area (Å²) in [7, 11) is 0. The van der Waals surface area contributed by atoms with E-state index < -0.39 is 0 Å². The lowest BCUT2D eigenvalue weighted by atomic mass is 10.0. The molecule has 0 unspecified atom stereocenters. The van der Waals surface area contributed by atoms with Crippen LogP contribution in [0.1, 0.15) is 51.4 Å². The molecule has 0 atom stereocenters. The number of ketones is 4. The summed E-state index contributed by atoms with van der Waals surface area (Å²) >= 11 is 0. The molecule has 0 N–H and O–H groups in total. The Labute approximate surface area is 118 Å². The van der Waals surface area contributed by atoms with Crippen LogP contribution in [-0.4, -0.2) is 23.1 Å². The topological polar surface area (TPSA) is 68.3 Å². The fourth-order valence-electron chi connectivity index (χ4n) is 1.90. The van der Waals surface area contributed by atoms with Gasteiger partial charge in [-0.3, -0.25) is 19.2 Å². The van der Waals surface area contributed by atoms with Crippen molar-refractivity contribution in [1.29, 1.82) is 0 Å². The summed E-state index contributed by atoms with van der Waals surface area (Å²) < 4.78 is 0. The number of allylic oxidation sites excluding steroid dienone is 4. The second-order valence-electron chi connectivity index (χ2n) is 4.95. The number of carbonyl (C=O) groups excluding carboxylic acids is 4. The van der Waals surface area contributed by atoms with E-state index in [1.54, 1.807) is 0 Å². The standard InChI is InChI=1S/C16H20O4/c17-13-5-1-2-6-14(18)11-12-16(20)8-4-3-7-15(19)10-9-13/h9-12H,1-8H2/b10-9-,12-11-. The van der Waals surface area contributed by atoms with Crippen LogP contribution in [0.25, 0.3) is 0 Å². The van der Waals surface area contributed by atoms with Gasteiger partial charge in [-0.05, 0) is 50.0 Å². The summed E-state index contributed by atoms with van der Waals surface area (Å²) in [6.45, 7) is 0. The maximum atomic E-state index is 11.5. The predicted octanol–water partition coefficient (Wildman–Crippen LogP) is 2.51. The van der Waals surface area contributed by atoms with Gasteiger partial charge in [0.2, 0.25) is 0 Å². The van der Waals surface area contributed by atoms with Crippen LogP contribution in [0, 0.1) is 0 Å². The van der Waals surface area contributed by atoms with E-state index in [1.165, 1.54) is 24.3 Å². The Bertz CT molecular complexity index is 361. The Morgan fingerprint density at radius 1 is 0.450 bits per heavy atom. The van der Waals surface area contributed by atoms with Gasteiger partial charge in [0.25, 0.3) is 0 Å². The van der Waals surface area contributed by atoms with Gasteiger partial charge in [-0.1, -0.05) is 0 Å².